The lowest BCUT2D eigenvalue weighted by atomic mass is 9.88. The lowest BCUT2D eigenvalue weighted by Crippen LogP contribution is -2.41. The average molecular weight is 277 g/mol. The molecule has 2 atom stereocenters. The van der Waals surface area contributed by atoms with Gasteiger partial charge in [-0.25, -0.2) is 0 Å². The maximum atomic E-state index is 10.2. The Morgan fingerprint density at radius 3 is 1.74 bits per heavy atom. The van der Waals surface area contributed by atoms with Gasteiger partial charge in [0, 0.05) is 0 Å². The summed E-state index contributed by atoms with van der Waals surface area (Å²) in [4.78, 5) is 20.4. The molecule has 0 unspecified atom stereocenters. The molecule has 0 bridgehead atoms. The van der Waals surface area contributed by atoms with Crippen molar-refractivity contribution in [2.75, 3.05) is 6.54 Å². The van der Waals surface area contributed by atoms with Crippen LogP contribution in [-0.4, -0.2) is 40.8 Å². The summed E-state index contributed by atoms with van der Waals surface area (Å²) in [5, 5.41) is 16.7. The van der Waals surface area contributed by atoms with Gasteiger partial charge in [0.1, 0.15) is 12.1 Å². The Morgan fingerprint density at radius 1 is 1.05 bits per heavy atom. The molecule has 0 fully saturated rings. The molecular weight excluding hydrogens is 250 g/mol. The highest BCUT2D eigenvalue weighted by Gasteiger charge is 2.26. The molecule has 0 aliphatic rings. The third kappa shape index (κ3) is 11.6. The summed E-state index contributed by atoms with van der Waals surface area (Å²) in [6.45, 7) is 6.00. The topological polar surface area (TPSA) is 153 Å². The largest absolute Gasteiger partial charge is 0.480 e. The van der Waals surface area contributed by atoms with E-state index in [4.69, 9.17) is 27.4 Å². The minimum absolute atomic E-state index is 0.341. The number of unbranched alkanes of at least 4 members (excludes halogenated alkanes) is 1. The SMILES string of the molecule is CC(C)(C)[C@H](N)C(=O)O.NCCCC[C@H](N)C(=O)O. The van der Waals surface area contributed by atoms with Gasteiger partial charge in [-0.1, -0.05) is 27.2 Å². The van der Waals surface area contributed by atoms with E-state index in [1.165, 1.54) is 0 Å². The Hall–Kier alpha value is -1.18. The Bertz CT molecular complexity index is 277. The van der Waals surface area contributed by atoms with Crippen LogP contribution in [-0.2, 0) is 9.59 Å². The van der Waals surface area contributed by atoms with Crippen LogP contribution in [0.15, 0.2) is 0 Å². The molecule has 0 saturated heterocycles. The van der Waals surface area contributed by atoms with E-state index in [0.717, 1.165) is 12.8 Å². The molecule has 0 aliphatic carbocycles. The van der Waals surface area contributed by atoms with Crippen LogP contribution < -0.4 is 17.2 Å². The zero-order valence-electron chi connectivity index (χ0n) is 11.9. The van der Waals surface area contributed by atoms with Crippen LogP contribution in [0.4, 0.5) is 0 Å². The molecule has 0 rings (SSSR count). The quantitative estimate of drug-likeness (QED) is 0.427. The Kier molecular flexibility index (Phi) is 10.3. The lowest BCUT2D eigenvalue weighted by molar-refractivity contribution is -0.141. The molecule has 8 N–H and O–H groups in total. The summed E-state index contributed by atoms with van der Waals surface area (Å²) >= 11 is 0. The van der Waals surface area contributed by atoms with Crippen molar-refractivity contribution in [3.63, 3.8) is 0 Å². The number of carboxylic acid groups (broad SMARTS) is 2. The number of carboxylic acids is 2. The van der Waals surface area contributed by atoms with Crippen molar-refractivity contribution in [3.8, 4) is 0 Å². The van der Waals surface area contributed by atoms with Crippen molar-refractivity contribution in [1.29, 1.82) is 0 Å². The van der Waals surface area contributed by atoms with Crippen LogP contribution in [0.2, 0.25) is 0 Å². The fourth-order valence-electron chi connectivity index (χ4n) is 1.00. The molecule has 19 heavy (non-hydrogen) atoms. The molecule has 0 amide bonds. The second-order valence-corrected chi connectivity index (χ2v) is 5.41. The number of aliphatic carboxylic acids is 2. The third-order valence-electron chi connectivity index (χ3n) is 2.49. The zero-order valence-corrected chi connectivity index (χ0v) is 11.9. The van der Waals surface area contributed by atoms with E-state index in [2.05, 4.69) is 0 Å². The van der Waals surface area contributed by atoms with Crippen molar-refractivity contribution in [2.45, 2.75) is 52.1 Å². The molecule has 0 radical (unpaired) electrons. The summed E-state index contributed by atoms with van der Waals surface area (Å²) in [5.41, 5.74) is 15.4. The first-order valence-electron chi connectivity index (χ1n) is 6.20. The highest BCUT2D eigenvalue weighted by molar-refractivity contribution is 5.74. The van der Waals surface area contributed by atoms with Crippen molar-refractivity contribution in [3.05, 3.63) is 0 Å². The summed E-state index contributed by atoms with van der Waals surface area (Å²) < 4.78 is 0. The van der Waals surface area contributed by atoms with Gasteiger partial charge in [0.15, 0.2) is 0 Å². The normalized spacial score (nSPS) is 14.0. The summed E-state index contributed by atoms with van der Waals surface area (Å²) in [7, 11) is 0. The number of rotatable bonds is 6. The van der Waals surface area contributed by atoms with E-state index in [0.29, 0.717) is 13.0 Å². The number of hydrogen-bond donors (Lipinski definition) is 5. The Balaban J connectivity index is 0. The van der Waals surface area contributed by atoms with Gasteiger partial charge in [0.05, 0.1) is 0 Å². The first kappa shape index (κ1) is 20.1. The Labute approximate surface area is 114 Å². The van der Waals surface area contributed by atoms with Gasteiger partial charge < -0.3 is 27.4 Å². The van der Waals surface area contributed by atoms with Crippen LogP contribution in [0.25, 0.3) is 0 Å². The Morgan fingerprint density at radius 2 is 1.53 bits per heavy atom. The molecule has 114 valence electrons. The standard InChI is InChI=1S/C6H14N2O2.C6H13NO2/c7-4-2-1-3-5(8)6(9)10;1-6(2,3)4(7)5(8)9/h5H,1-4,7-8H2,(H,9,10);4H,7H2,1-3H3,(H,8,9)/t5-;4-/m01/s1. The minimum Gasteiger partial charge on any atom is -0.480 e. The molecule has 0 aliphatic heterocycles. The lowest BCUT2D eigenvalue weighted by Gasteiger charge is -2.22. The van der Waals surface area contributed by atoms with Crippen molar-refractivity contribution < 1.29 is 19.8 Å². The predicted molar refractivity (Wildman–Crippen MR) is 73.6 cm³/mol. The molecule has 7 heteroatoms. The molecule has 7 nitrogen and oxygen atoms in total. The van der Waals surface area contributed by atoms with Crippen LogP contribution in [0.3, 0.4) is 0 Å². The molecular formula is C12H27N3O4. The monoisotopic (exact) mass is 277 g/mol. The van der Waals surface area contributed by atoms with E-state index in [1.807, 2.05) is 0 Å². The summed E-state index contributed by atoms with van der Waals surface area (Å²) in [5.74, 6) is -1.88. The van der Waals surface area contributed by atoms with E-state index >= 15 is 0 Å². The van der Waals surface area contributed by atoms with E-state index < -0.39 is 24.0 Å². The molecule has 0 heterocycles. The van der Waals surface area contributed by atoms with Crippen LogP contribution in [0.5, 0.6) is 0 Å². The van der Waals surface area contributed by atoms with Crippen LogP contribution in [0.1, 0.15) is 40.0 Å². The van der Waals surface area contributed by atoms with Crippen molar-refractivity contribution >= 4 is 11.9 Å². The fraction of sp³-hybridized carbons (Fsp3) is 0.833. The number of carbonyl (C=O) groups is 2. The van der Waals surface area contributed by atoms with Gasteiger partial charge in [-0.15, -0.1) is 0 Å². The predicted octanol–water partition coefficient (Wildman–Crippen LogP) is -0.0283. The van der Waals surface area contributed by atoms with Crippen LogP contribution >= 0.6 is 0 Å². The summed E-state index contributed by atoms with van der Waals surface area (Å²) in [6, 6.07) is -1.48. The minimum atomic E-state index is -0.942. The highest BCUT2D eigenvalue weighted by atomic mass is 16.4. The van der Waals surface area contributed by atoms with Gasteiger partial charge in [0.25, 0.3) is 0 Å². The fourth-order valence-corrected chi connectivity index (χ4v) is 1.00. The number of nitrogens with two attached hydrogens (primary N) is 3. The summed E-state index contributed by atoms with van der Waals surface area (Å²) in [6.07, 6.45) is 2.16. The third-order valence-corrected chi connectivity index (χ3v) is 2.49. The van der Waals surface area contributed by atoms with E-state index in [9.17, 15) is 9.59 Å². The molecule has 0 saturated carbocycles. The first-order chi connectivity index (χ1) is 8.53. The molecule has 0 aromatic heterocycles. The maximum Gasteiger partial charge on any atom is 0.321 e. The molecule has 0 aromatic rings. The van der Waals surface area contributed by atoms with Crippen molar-refractivity contribution in [2.24, 2.45) is 22.6 Å². The van der Waals surface area contributed by atoms with Crippen molar-refractivity contribution in [1.82, 2.24) is 0 Å². The molecule has 0 aromatic carbocycles. The van der Waals surface area contributed by atoms with Gasteiger partial charge in [-0.05, 0) is 24.8 Å². The van der Waals surface area contributed by atoms with Gasteiger partial charge in [-0.2, -0.15) is 0 Å². The number of hydrogen-bond acceptors (Lipinski definition) is 5. The zero-order chi connectivity index (χ0) is 15.6. The molecule has 0 spiro atoms. The van der Waals surface area contributed by atoms with Gasteiger partial charge in [-0.3, -0.25) is 9.59 Å². The highest BCUT2D eigenvalue weighted by Crippen LogP contribution is 2.16. The first-order valence-corrected chi connectivity index (χ1v) is 6.20. The second kappa shape index (κ2) is 9.71. The van der Waals surface area contributed by atoms with E-state index in [1.54, 1.807) is 20.8 Å². The average Bonchev–Trinajstić information content (AvgIpc) is 2.27. The second-order valence-electron chi connectivity index (χ2n) is 5.41. The van der Waals surface area contributed by atoms with Gasteiger partial charge in [0.2, 0.25) is 0 Å². The van der Waals surface area contributed by atoms with Gasteiger partial charge >= 0.3 is 11.9 Å². The smallest absolute Gasteiger partial charge is 0.321 e. The van der Waals surface area contributed by atoms with Crippen LogP contribution in [0, 0.1) is 5.41 Å². The maximum absolute atomic E-state index is 10.2. The van der Waals surface area contributed by atoms with E-state index in [-0.39, 0.29) is 5.41 Å².